The standard InChI is InChI=1S/C12H16F2N2O2/c1-3-4-5-8(2)15-11-7-9(13)6-10(14)12(11)16(17)18/h6-8,15H,3-5H2,1-2H3. The smallest absolute Gasteiger partial charge is 0.327 e. The Labute approximate surface area is 104 Å². The molecule has 0 saturated heterocycles. The number of halogens is 2. The molecule has 1 aromatic carbocycles. The van der Waals surface area contributed by atoms with Crippen LogP contribution in [0.2, 0.25) is 0 Å². The van der Waals surface area contributed by atoms with Gasteiger partial charge in [0.2, 0.25) is 5.82 Å². The zero-order valence-corrected chi connectivity index (χ0v) is 10.4. The summed E-state index contributed by atoms with van der Waals surface area (Å²) in [6.07, 6.45) is 2.72. The SMILES string of the molecule is CCCCC(C)Nc1cc(F)cc(F)c1[N+](=O)[O-]. The number of nitro groups is 1. The second-order valence-electron chi connectivity index (χ2n) is 4.23. The minimum Gasteiger partial charge on any atom is -0.377 e. The molecule has 4 nitrogen and oxygen atoms in total. The molecule has 0 amide bonds. The zero-order valence-electron chi connectivity index (χ0n) is 10.4. The number of benzene rings is 1. The predicted octanol–water partition coefficient (Wildman–Crippen LogP) is 3.86. The fourth-order valence-corrected chi connectivity index (χ4v) is 1.71. The van der Waals surface area contributed by atoms with Gasteiger partial charge in [-0.05, 0) is 13.3 Å². The molecule has 1 atom stereocenters. The van der Waals surface area contributed by atoms with Gasteiger partial charge in [-0.1, -0.05) is 19.8 Å². The van der Waals surface area contributed by atoms with Gasteiger partial charge in [0.05, 0.1) is 4.92 Å². The second-order valence-corrected chi connectivity index (χ2v) is 4.23. The van der Waals surface area contributed by atoms with Crippen LogP contribution < -0.4 is 5.32 Å². The number of hydrogen-bond donors (Lipinski definition) is 1. The van der Waals surface area contributed by atoms with Crippen LogP contribution in [-0.4, -0.2) is 11.0 Å². The molecule has 0 fully saturated rings. The van der Waals surface area contributed by atoms with Crippen LogP contribution in [0.1, 0.15) is 33.1 Å². The van der Waals surface area contributed by atoms with E-state index in [0.29, 0.717) is 6.07 Å². The summed E-state index contributed by atoms with van der Waals surface area (Å²) < 4.78 is 26.4. The Kier molecular flexibility index (Phi) is 5.00. The number of anilines is 1. The number of unbranched alkanes of at least 4 members (excludes halogenated alkanes) is 1. The van der Waals surface area contributed by atoms with Gasteiger partial charge in [-0.15, -0.1) is 0 Å². The Morgan fingerprint density at radius 1 is 1.44 bits per heavy atom. The van der Waals surface area contributed by atoms with Crippen molar-refractivity contribution in [2.24, 2.45) is 0 Å². The fourth-order valence-electron chi connectivity index (χ4n) is 1.71. The van der Waals surface area contributed by atoms with Crippen molar-refractivity contribution in [2.75, 3.05) is 5.32 Å². The van der Waals surface area contributed by atoms with Gasteiger partial charge in [-0.25, -0.2) is 4.39 Å². The Morgan fingerprint density at radius 2 is 2.11 bits per heavy atom. The molecule has 0 radical (unpaired) electrons. The van der Waals surface area contributed by atoms with Crippen LogP contribution in [0.3, 0.4) is 0 Å². The van der Waals surface area contributed by atoms with Crippen LogP contribution in [0, 0.1) is 21.7 Å². The van der Waals surface area contributed by atoms with Gasteiger partial charge in [0.25, 0.3) is 0 Å². The molecule has 0 aliphatic rings. The Hall–Kier alpha value is -1.72. The molecule has 100 valence electrons. The Bertz CT molecular complexity index is 438. The van der Waals surface area contributed by atoms with Crippen LogP contribution in [0.25, 0.3) is 0 Å². The molecule has 1 aromatic rings. The van der Waals surface area contributed by atoms with Gasteiger partial charge < -0.3 is 5.32 Å². The van der Waals surface area contributed by atoms with E-state index in [1.807, 2.05) is 13.8 Å². The molecule has 0 saturated carbocycles. The maximum Gasteiger partial charge on any atom is 0.327 e. The van der Waals surface area contributed by atoms with Crippen molar-refractivity contribution in [3.05, 3.63) is 33.9 Å². The lowest BCUT2D eigenvalue weighted by Gasteiger charge is -2.15. The molecule has 1 N–H and O–H groups in total. The summed E-state index contributed by atoms with van der Waals surface area (Å²) in [6, 6.07) is 1.38. The predicted molar refractivity (Wildman–Crippen MR) is 65.6 cm³/mol. The monoisotopic (exact) mass is 258 g/mol. The molecule has 0 spiro atoms. The lowest BCUT2D eigenvalue weighted by molar-refractivity contribution is -0.386. The molecule has 0 bridgehead atoms. The number of rotatable bonds is 6. The van der Waals surface area contributed by atoms with E-state index in [0.717, 1.165) is 25.3 Å². The van der Waals surface area contributed by atoms with Gasteiger partial charge >= 0.3 is 5.69 Å². The summed E-state index contributed by atoms with van der Waals surface area (Å²) in [4.78, 5) is 9.91. The number of nitro benzene ring substituents is 1. The third-order valence-electron chi connectivity index (χ3n) is 2.60. The van der Waals surface area contributed by atoms with Gasteiger partial charge in [0.15, 0.2) is 0 Å². The van der Waals surface area contributed by atoms with E-state index in [9.17, 15) is 18.9 Å². The summed E-state index contributed by atoms with van der Waals surface area (Å²) in [5.41, 5.74) is -0.819. The molecule has 0 heterocycles. The summed E-state index contributed by atoms with van der Waals surface area (Å²) in [6.45, 7) is 3.85. The summed E-state index contributed by atoms with van der Waals surface area (Å²) in [5.74, 6) is -1.99. The first kappa shape index (κ1) is 14.3. The third-order valence-corrected chi connectivity index (χ3v) is 2.60. The van der Waals surface area contributed by atoms with Crippen molar-refractivity contribution in [1.82, 2.24) is 0 Å². The highest BCUT2D eigenvalue weighted by molar-refractivity contribution is 5.62. The van der Waals surface area contributed by atoms with Crippen molar-refractivity contribution in [1.29, 1.82) is 0 Å². The number of nitrogens with one attached hydrogen (secondary N) is 1. The lowest BCUT2D eigenvalue weighted by atomic mass is 10.1. The van der Waals surface area contributed by atoms with E-state index >= 15 is 0 Å². The van der Waals surface area contributed by atoms with Crippen molar-refractivity contribution >= 4 is 11.4 Å². The molecular formula is C12H16F2N2O2. The Balaban J connectivity index is 2.96. The second kappa shape index (κ2) is 6.28. The summed E-state index contributed by atoms with van der Waals surface area (Å²) in [5, 5.41) is 13.5. The van der Waals surface area contributed by atoms with E-state index in [4.69, 9.17) is 0 Å². The minimum atomic E-state index is -1.16. The molecule has 0 aliphatic carbocycles. The minimum absolute atomic E-state index is 0.0788. The molecule has 1 rings (SSSR count). The van der Waals surface area contributed by atoms with Crippen LogP contribution >= 0.6 is 0 Å². The average Bonchev–Trinajstić information content (AvgIpc) is 2.24. The van der Waals surface area contributed by atoms with Crippen molar-refractivity contribution < 1.29 is 13.7 Å². The number of nitrogens with zero attached hydrogens (tertiary/aromatic N) is 1. The molecule has 18 heavy (non-hydrogen) atoms. The van der Waals surface area contributed by atoms with Crippen LogP contribution in [-0.2, 0) is 0 Å². The average molecular weight is 258 g/mol. The van der Waals surface area contributed by atoms with Gasteiger partial charge in [-0.2, -0.15) is 4.39 Å². The third kappa shape index (κ3) is 3.65. The molecule has 6 heteroatoms. The van der Waals surface area contributed by atoms with Crippen LogP contribution in [0.5, 0.6) is 0 Å². The lowest BCUT2D eigenvalue weighted by Crippen LogP contribution is -2.16. The highest BCUT2D eigenvalue weighted by atomic mass is 19.1. The zero-order chi connectivity index (χ0) is 13.7. The van der Waals surface area contributed by atoms with E-state index in [2.05, 4.69) is 5.32 Å². The van der Waals surface area contributed by atoms with Gasteiger partial charge in [-0.3, -0.25) is 10.1 Å². The molecule has 1 unspecified atom stereocenters. The normalized spacial score (nSPS) is 12.2. The van der Waals surface area contributed by atoms with Gasteiger partial charge in [0.1, 0.15) is 11.5 Å². The van der Waals surface area contributed by atoms with Crippen LogP contribution in [0.15, 0.2) is 12.1 Å². The molecule has 0 aromatic heterocycles. The first-order valence-electron chi connectivity index (χ1n) is 5.85. The highest BCUT2D eigenvalue weighted by Crippen LogP contribution is 2.29. The maximum absolute atomic E-state index is 13.3. The topological polar surface area (TPSA) is 55.2 Å². The van der Waals surface area contributed by atoms with E-state index in [1.165, 1.54) is 0 Å². The maximum atomic E-state index is 13.3. The number of hydrogen-bond acceptors (Lipinski definition) is 3. The first-order chi connectivity index (χ1) is 8.45. The molecular weight excluding hydrogens is 242 g/mol. The highest BCUT2D eigenvalue weighted by Gasteiger charge is 2.22. The first-order valence-corrected chi connectivity index (χ1v) is 5.85. The van der Waals surface area contributed by atoms with E-state index < -0.39 is 22.2 Å². The largest absolute Gasteiger partial charge is 0.377 e. The van der Waals surface area contributed by atoms with E-state index in [1.54, 1.807) is 0 Å². The molecule has 0 aliphatic heterocycles. The van der Waals surface area contributed by atoms with Crippen molar-refractivity contribution in [2.45, 2.75) is 39.2 Å². The van der Waals surface area contributed by atoms with E-state index in [-0.39, 0.29) is 11.7 Å². The van der Waals surface area contributed by atoms with Crippen molar-refractivity contribution in [3.8, 4) is 0 Å². The quantitative estimate of drug-likeness (QED) is 0.622. The van der Waals surface area contributed by atoms with Crippen LogP contribution in [0.4, 0.5) is 20.2 Å². The summed E-state index contributed by atoms with van der Waals surface area (Å²) in [7, 11) is 0. The fraction of sp³-hybridized carbons (Fsp3) is 0.500. The summed E-state index contributed by atoms with van der Waals surface area (Å²) >= 11 is 0. The van der Waals surface area contributed by atoms with Gasteiger partial charge in [0, 0.05) is 18.2 Å². The van der Waals surface area contributed by atoms with Crippen molar-refractivity contribution in [3.63, 3.8) is 0 Å². The Morgan fingerprint density at radius 3 is 2.67 bits per heavy atom.